The number of aliphatic hydroxyl groups is 1. The van der Waals surface area contributed by atoms with Crippen LogP contribution in [0.25, 0.3) is 0 Å². The van der Waals surface area contributed by atoms with Crippen LogP contribution in [-0.2, 0) is 16.0 Å². The van der Waals surface area contributed by atoms with Crippen molar-refractivity contribution in [2.24, 2.45) is 0 Å². The Kier molecular flexibility index (Phi) is 7.11. The molecule has 1 aromatic heterocycles. The Labute approximate surface area is 177 Å². The normalized spacial score (nSPS) is 16.6. The molecule has 3 rings (SSSR count). The van der Waals surface area contributed by atoms with Crippen molar-refractivity contribution in [3.63, 3.8) is 0 Å². The van der Waals surface area contributed by atoms with E-state index in [2.05, 4.69) is 14.7 Å². The molecule has 1 aromatic carbocycles. The minimum Gasteiger partial charge on any atom is -0.472 e. The van der Waals surface area contributed by atoms with Gasteiger partial charge >= 0.3 is 10.2 Å². The molecule has 0 saturated carbocycles. The van der Waals surface area contributed by atoms with Crippen molar-refractivity contribution < 1.29 is 27.0 Å². The van der Waals surface area contributed by atoms with Gasteiger partial charge in [-0.15, -0.1) is 0 Å². The van der Waals surface area contributed by atoms with E-state index < -0.39 is 34.1 Å². The van der Waals surface area contributed by atoms with Crippen molar-refractivity contribution in [2.45, 2.75) is 43.4 Å². The van der Waals surface area contributed by atoms with Crippen molar-refractivity contribution in [1.82, 2.24) is 14.3 Å². The molecular weight excluding hydrogens is 438 g/mol. The summed E-state index contributed by atoms with van der Waals surface area (Å²) in [5, 5.41) is 9.77. The Morgan fingerprint density at radius 1 is 1.30 bits per heavy atom. The van der Waals surface area contributed by atoms with Crippen LogP contribution in [0.15, 0.2) is 29.4 Å². The van der Waals surface area contributed by atoms with Crippen LogP contribution in [-0.4, -0.2) is 53.1 Å². The molecule has 0 aliphatic carbocycles. The lowest BCUT2D eigenvalue weighted by molar-refractivity contribution is 0.0569. The summed E-state index contributed by atoms with van der Waals surface area (Å²) >= 11 is 0.995. The number of ether oxygens (including phenoxy) is 1. The van der Waals surface area contributed by atoms with Gasteiger partial charge in [0.1, 0.15) is 11.9 Å². The highest BCUT2D eigenvalue weighted by atomic mass is 32.2. The number of rotatable bonds is 9. The van der Waals surface area contributed by atoms with Crippen molar-refractivity contribution in [3.8, 4) is 5.88 Å². The van der Waals surface area contributed by atoms with Gasteiger partial charge in [-0.3, -0.25) is 4.72 Å². The van der Waals surface area contributed by atoms with Crippen LogP contribution >= 0.6 is 11.8 Å². The van der Waals surface area contributed by atoms with Crippen LogP contribution in [0, 0.1) is 11.6 Å². The molecule has 8 nitrogen and oxygen atoms in total. The number of hydrogen-bond donors (Lipinski definition) is 2. The second-order valence-corrected chi connectivity index (χ2v) is 9.41. The molecule has 30 heavy (non-hydrogen) atoms. The van der Waals surface area contributed by atoms with Crippen LogP contribution in [0.1, 0.15) is 25.8 Å². The van der Waals surface area contributed by atoms with E-state index in [-0.39, 0.29) is 28.2 Å². The smallest absolute Gasteiger partial charge is 0.302 e. The van der Waals surface area contributed by atoms with Crippen molar-refractivity contribution in [2.75, 3.05) is 17.8 Å². The fourth-order valence-corrected chi connectivity index (χ4v) is 4.46. The summed E-state index contributed by atoms with van der Waals surface area (Å²) in [4.78, 5) is 8.34. The van der Waals surface area contributed by atoms with Gasteiger partial charge < -0.3 is 9.84 Å². The van der Waals surface area contributed by atoms with E-state index in [1.165, 1.54) is 22.5 Å². The number of halogens is 2. The molecule has 2 atom stereocenters. The van der Waals surface area contributed by atoms with E-state index >= 15 is 0 Å². The molecule has 1 aliphatic heterocycles. The maximum atomic E-state index is 13.9. The monoisotopic (exact) mass is 460 g/mol. The second kappa shape index (κ2) is 9.41. The Hall–Kier alpha value is -2.02. The minimum absolute atomic E-state index is 0.0214. The third-order valence-electron chi connectivity index (χ3n) is 4.44. The zero-order chi connectivity index (χ0) is 21.9. The largest absolute Gasteiger partial charge is 0.472 e. The number of nitrogens with one attached hydrogen (secondary N) is 1. The molecule has 164 valence electrons. The molecule has 0 bridgehead atoms. The van der Waals surface area contributed by atoms with Crippen molar-refractivity contribution in [3.05, 3.63) is 41.5 Å². The number of anilines is 1. The summed E-state index contributed by atoms with van der Waals surface area (Å²) in [7, 11) is -3.77. The summed E-state index contributed by atoms with van der Waals surface area (Å²) in [5.74, 6) is -1.87. The third-order valence-corrected chi connectivity index (χ3v) is 6.85. The van der Waals surface area contributed by atoms with E-state index in [1.807, 2.05) is 0 Å². The summed E-state index contributed by atoms with van der Waals surface area (Å²) in [6.07, 6.45) is -0.623. The Bertz CT molecular complexity index is 1000. The summed E-state index contributed by atoms with van der Waals surface area (Å²) in [6, 6.07) is 5.16. The van der Waals surface area contributed by atoms with Crippen molar-refractivity contribution in [1.29, 1.82) is 0 Å². The topological polar surface area (TPSA) is 105 Å². The van der Waals surface area contributed by atoms with Gasteiger partial charge in [0.05, 0.1) is 6.10 Å². The lowest BCUT2D eigenvalue weighted by Gasteiger charge is -2.29. The molecule has 2 N–H and O–H groups in total. The predicted molar refractivity (Wildman–Crippen MR) is 108 cm³/mol. The Morgan fingerprint density at radius 2 is 2.03 bits per heavy atom. The van der Waals surface area contributed by atoms with Gasteiger partial charge in [0.25, 0.3) is 0 Å². The second-order valence-electron chi connectivity index (χ2n) is 6.80. The number of nitrogens with zero attached hydrogens (tertiary/aromatic N) is 3. The average molecular weight is 461 g/mol. The fourth-order valence-electron chi connectivity index (χ4n) is 2.40. The molecule has 2 unspecified atom stereocenters. The first-order valence-electron chi connectivity index (χ1n) is 9.23. The lowest BCUT2D eigenvalue weighted by Crippen LogP contribution is -2.45. The van der Waals surface area contributed by atoms with Gasteiger partial charge in [-0.1, -0.05) is 23.9 Å². The number of aliphatic hydroxyl groups excluding tert-OH is 1. The summed E-state index contributed by atoms with van der Waals surface area (Å²) < 4.78 is 61.3. The quantitative estimate of drug-likeness (QED) is 0.438. The third kappa shape index (κ3) is 5.56. The summed E-state index contributed by atoms with van der Waals surface area (Å²) in [6.45, 7) is 4.01. The first-order chi connectivity index (χ1) is 14.2. The summed E-state index contributed by atoms with van der Waals surface area (Å²) in [5.41, 5.74) is 0.120. The van der Waals surface area contributed by atoms with Crippen LogP contribution in [0.5, 0.6) is 5.88 Å². The van der Waals surface area contributed by atoms with Gasteiger partial charge in [0.15, 0.2) is 16.8 Å². The highest BCUT2D eigenvalue weighted by Crippen LogP contribution is 2.27. The van der Waals surface area contributed by atoms with Crippen molar-refractivity contribution >= 4 is 27.8 Å². The van der Waals surface area contributed by atoms with Gasteiger partial charge in [-0.2, -0.15) is 17.7 Å². The van der Waals surface area contributed by atoms with Crippen LogP contribution in [0.3, 0.4) is 0 Å². The number of aromatic nitrogens is 2. The number of hydrogen-bond acceptors (Lipinski definition) is 7. The molecule has 2 heterocycles. The zero-order valence-corrected chi connectivity index (χ0v) is 18.0. The maximum absolute atomic E-state index is 13.9. The fraction of sp³-hybridized carbons (Fsp3) is 0.444. The SMILES string of the molecule is CC(O)C(C)Oc1cc(NS(=O)(=O)N2CCC2)nc(SCc2cccc(F)c2F)n1. The maximum Gasteiger partial charge on any atom is 0.302 e. The molecule has 1 saturated heterocycles. The molecule has 0 spiro atoms. The molecule has 0 radical (unpaired) electrons. The van der Waals surface area contributed by atoms with Gasteiger partial charge in [0.2, 0.25) is 5.88 Å². The Morgan fingerprint density at radius 3 is 2.67 bits per heavy atom. The first-order valence-corrected chi connectivity index (χ1v) is 11.7. The molecule has 1 fully saturated rings. The number of thioether (sulfide) groups is 1. The van der Waals surface area contributed by atoms with Gasteiger partial charge in [-0.05, 0) is 26.3 Å². The first kappa shape index (κ1) is 22.7. The van der Waals surface area contributed by atoms with Crippen LogP contribution < -0.4 is 9.46 Å². The number of benzene rings is 1. The van der Waals surface area contributed by atoms with Crippen LogP contribution in [0.2, 0.25) is 0 Å². The van der Waals surface area contributed by atoms with E-state index in [4.69, 9.17) is 4.74 Å². The molecule has 2 aromatic rings. The van der Waals surface area contributed by atoms with E-state index in [0.29, 0.717) is 13.1 Å². The zero-order valence-electron chi connectivity index (χ0n) is 16.4. The van der Waals surface area contributed by atoms with Crippen LogP contribution in [0.4, 0.5) is 14.6 Å². The minimum atomic E-state index is -3.77. The standard InChI is InChI=1S/C18H22F2N4O4S2/c1-11(25)12(2)28-16-9-15(23-30(26,27)24-7-4-8-24)21-18(22-16)29-10-13-5-3-6-14(19)17(13)20/h3,5-6,9,11-12,25H,4,7-8,10H2,1-2H3,(H,21,22,23). The predicted octanol–water partition coefficient (Wildman–Crippen LogP) is 2.56. The highest BCUT2D eigenvalue weighted by Gasteiger charge is 2.28. The molecular formula is C18H22F2N4O4S2. The highest BCUT2D eigenvalue weighted by molar-refractivity contribution is 7.98. The van der Waals surface area contributed by atoms with E-state index in [9.17, 15) is 22.3 Å². The molecule has 1 aliphatic rings. The lowest BCUT2D eigenvalue weighted by atomic mass is 10.2. The van der Waals surface area contributed by atoms with Gasteiger partial charge in [0, 0.05) is 30.5 Å². The van der Waals surface area contributed by atoms with E-state index in [1.54, 1.807) is 13.8 Å². The Balaban J connectivity index is 1.83. The average Bonchev–Trinajstić information content (AvgIpc) is 2.60. The molecule has 0 amide bonds. The van der Waals surface area contributed by atoms with E-state index in [0.717, 1.165) is 24.2 Å². The molecule has 12 heteroatoms. The van der Waals surface area contributed by atoms with Gasteiger partial charge in [-0.25, -0.2) is 13.8 Å².